The van der Waals surface area contributed by atoms with Crippen LogP contribution < -0.4 is 15.4 Å². The number of anilines is 1. The highest BCUT2D eigenvalue weighted by Gasteiger charge is 2.34. The Morgan fingerprint density at radius 2 is 1.91 bits per heavy atom. The van der Waals surface area contributed by atoms with Crippen LogP contribution in [0.5, 0.6) is 5.75 Å². The van der Waals surface area contributed by atoms with Crippen molar-refractivity contribution in [3.05, 3.63) is 77.5 Å². The van der Waals surface area contributed by atoms with E-state index in [1.54, 1.807) is 18.3 Å². The van der Waals surface area contributed by atoms with Crippen LogP contribution in [0.15, 0.2) is 60.8 Å². The number of hydrogen-bond acceptors (Lipinski definition) is 5. The summed E-state index contributed by atoms with van der Waals surface area (Å²) in [4.78, 5) is 29.0. The van der Waals surface area contributed by atoms with Gasteiger partial charge in [0.2, 0.25) is 0 Å². The number of carbonyl (C=O) groups is 2. The second kappa shape index (κ2) is 10.4. The number of carboxylic acid groups (broad SMARTS) is 1. The van der Waals surface area contributed by atoms with E-state index in [4.69, 9.17) is 4.74 Å². The van der Waals surface area contributed by atoms with Crippen molar-refractivity contribution in [1.29, 1.82) is 0 Å². The van der Waals surface area contributed by atoms with Gasteiger partial charge in [0.25, 0.3) is 5.91 Å². The van der Waals surface area contributed by atoms with Crippen LogP contribution >= 0.6 is 0 Å². The first-order chi connectivity index (χ1) is 16.4. The Morgan fingerprint density at radius 1 is 1.09 bits per heavy atom. The summed E-state index contributed by atoms with van der Waals surface area (Å²) in [5, 5.41) is 15.6. The second-order valence-electron chi connectivity index (χ2n) is 8.65. The van der Waals surface area contributed by atoms with Gasteiger partial charge in [-0.3, -0.25) is 9.59 Å². The molecule has 1 aliphatic carbocycles. The predicted molar refractivity (Wildman–Crippen MR) is 131 cm³/mol. The summed E-state index contributed by atoms with van der Waals surface area (Å²) in [7, 11) is 1.51. The number of nitrogens with one attached hydrogen (secondary N) is 2. The summed E-state index contributed by atoms with van der Waals surface area (Å²) in [6, 6.07) is 17.2. The number of carboxylic acids is 1. The molecule has 0 spiro atoms. The smallest absolute Gasteiger partial charge is 0.308 e. The van der Waals surface area contributed by atoms with E-state index in [1.807, 2.05) is 24.3 Å². The Kier molecular flexibility index (Phi) is 7.11. The molecule has 1 fully saturated rings. The van der Waals surface area contributed by atoms with E-state index >= 15 is 0 Å². The summed E-state index contributed by atoms with van der Waals surface area (Å²) in [5.74, 6) is -0.553. The molecule has 3 aromatic rings. The average molecular weight is 460 g/mol. The van der Waals surface area contributed by atoms with Crippen LogP contribution in [0.1, 0.15) is 40.7 Å². The average Bonchev–Trinajstić information content (AvgIpc) is 3.31. The van der Waals surface area contributed by atoms with Crippen molar-refractivity contribution < 1.29 is 19.4 Å². The zero-order valence-electron chi connectivity index (χ0n) is 19.4. The lowest BCUT2D eigenvalue weighted by atomic mass is 10.0. The van der Waals surface area contributed by atoms with Gasteiger partial charge < -0.3 is 20.5 Å². The number of benzene rings is 2. The van der Waals surface area contributed by atoms with Gasteiger partial charge in [-0.2, -0.15) is 0 Å². The molecule has 1 amide bonds. The van der Waals surface area contributed by atoms with Gasteiger partial charge in [-0.05, 0) is 55.2 Å². The number of nitrogens with zero attached hydrogens (tertiary/aromatic N) is 1. The van der Waals surface area contributed by atoms with Crippen molar-refractivity contribution in [2.45, 2.75) is 38.8 Å². The van der Waals surface area contributed by atoms with Crippen molar-refractivity contribution >= 4 is 17.7 Å². The van der Waals surface area contributed by atoms with Gasteiger partial charge in [0, 0.05) is 24.3 Å². The molecule has 176 valence electrons. The molecular formula is C27H29N3O4. The van der Waals surface area contributed by atoms with Crippen molar-refractivity contribution in [3.8, 4) is 16.9 Å². The summed E-state index contributed by atoms with van der Waals surface area (Å²) in [6.45, 7) is 2.75. The zero-order chi connectivity index (χ0) is 24.1. The molecule has 0 saturated heterocycles. The van der Waals surface area contributed by atoms with Gasteiger partial charge >= 0.3 is 5.97 Å². The predicted octanol–water partition coefficient (Wildman–Crippen LogP) is 4.66. The highest BCUT2D eigenvalue weighted by atomic mass is 16.5. The Bertz CT molecular complexity index is 1180. The van der Waals surface area contributed by atoms with E-state index in [2.05, 4.69) is 40.7 Å². The van der Waals surface area contributed by atoms with Gasteiger partial charge in [-0.25, -0.2) is 4.98 Å². The van der Waals surface area contributed by atoms with E-state index in [-0.39, 0.29) is 11.9 Å². The number of aliphatic carboxylic acids is 1. The first kappa shape index (κ1) is 23.3. The third kappa shape index (κ3) is 5.36. The molecule has 1 aliphatic rings. The van der Waals surface area contributed by atoms with Crippen LogP contribution in [-0.2, 0) is 11.3 Å². The normalized spacial score (nSPS) is 17.2. The van der Waals surface area contributed by atoms with Crippen LogP contribution in [0, 0.1) is 12.8 Å². The molecule has 2 atom stereocenters. The first-order valence-corrected chi connectivity index (χ1v) is 11.4. The maximum Gasteiger partial charge on any atom is 0.308 e. The summed E-state index contributed by atoms with van der Waals surface area (Å²) in [6.07, 6.45) is 3.79. The SMILES string of the molecule is COc1ccc(-c2ccc(NCc3cccc(C)c3)nc2)cc1C(=O)NC1CCCC1C(=O)O. The minimum atomic E-state index is -0.870. The van der Waals surface area contributed by atoms with Crippen LogP contribution in [0.3, 0.4) is 0 Å². The van der Waals surface area contributed by atoms with Crippen molar-refractivity contribution in [2.24, 2.45) is 5.92 Å². The van der Waals surface area contributed by atoms with Gasteiger partial charge in [-0.1, -0.05) is 42.3 Å². The molecule has 0 aliphatic heterocycles. The molecule has 34 heavy (non-hydrogen) atoms. The standard InChI is InChI=1S/C27H29N3O4/c1-17-5-3-6-18(13-17)15-28-25-12-10-20(16-29-25)19-9-11-24(34-2)22(14-19)26(31)30-23-8-4-7-21(23)27(32)33/h3,5-6,9-14,16,21,23H,4,7-8,15H2,1-2H3,(H,28,29)(H,30,31)(H,32,33). The zero-order valence-corrected chi connectivity index (χ0v) is 19.4. The van der Waals surface area contributed by atoms with Gasteiger partial charge in [0.05, 0.1) is 18.6 Å². The lowest BCUT2D eigenvalue weighted by Crippen LogP contribution is -2.40. The number of rotatable bonds is 8. The Labute approximate surface area is 199 Å². The van der Waals surface area contributed by atoms with Crippen molar-refractivity contribution in [3.63, 3.8) is 0 Å². The number of aromatic nitrogens is 1. The molecule has 1 saturated carbocycles. The fourth-order valence-corrected chi connectivity index (χ4v) is 4.42. The highest BCUT2D eigenvalue weighted by Crippen LogP contribution is 2.29. The molecule has 1 aromatic heterocycles. The minimum absolute atomic E-state index is 0.332. The van der Waals surface area contributed by atoms with Crippen molar-refractivity contribution in [2.75, 3.05) is 12.4 Å². The first-order valence-electron chi connectivity index (χ1n) is 11.4. The molecular weight excluding hydrogens is 430 g/mol. The summed E-state index contributed by atoms with van der Waals surface area (Å²) in [5.41, 5.74) is 4.46. The monoisotopic (exact) mass is 459 g/mol. The molecule has 4 rings (SSSR count). The third-order valence-corrected chi connectivity index (χ3v) is 6.25. The number of amides is 1. The third-order valence-electron chi connectivity index (χ3n) is 6.25. The minimum Gasteiger partial charge on any atom is -0.496 e. The Morgan fingerprint density at radius 3 is 2.62 bits per heavy atom. The molecule has 0 radical (unpaired) electrons. The summed E-state index contributed by atoms with van der Waals surface area (Å²) >= 11 is 0. The number of aryl methyl sites for hydroxylation is 1. The number of carbonyl (C=O) groups excluding carboxylic acids is 1. The van der Waals surface area contributed by atoms with E-state index < -0.39 is 11.9 Å². The van der Waals surface area contributed by atoms with Crippen LogP contribution in [0.25, 0.3) is 11.1 Å². The van der Waals surface area contributed by atoms with E-state index in [1.165, 1.54) is 18.2 Å². The van der Waals surface area contributed by atoms with E-state index in [0.29, 0.717) is 30.7 Å². The number of pyridine rings is 1. The largest absolute Gasteiger partial charge is 0.496 e. The highest BCUT2D eigenvalue weighted by molar-refractivity contribution is 5.98. The maximum atomic E-state index is 13.0. The molecule has 3 N–H and O–H groups in total. The van der Waals surface area contributed by atoms with Gasteiger partial charge in [0.1, 0.15) is 11.6 Å². The molecule has 7 heteroatoms. The van der Waals surface area contributed by atoms with Crippen molar-refractivity contribution in [1.82, 2.24) is 10.3 Å². The Hall–Kier alpha value is -3.87. The van der Waals surface area contributed by atoms with Gasteiger partial charge in [0.15, 0.2) is 0 Å². The topological polar surface area (TPSA) is 101 Å². The van der Waals surface area contributed by atoms with E-state index in [0.717, 1.165) is 23.4 Å². The fraction of sp³-hybridized carbons (Fsp3) is 0.296. The van der Waals surface area contributed by atoms with E-state index in [9.17, 15) is 14.7 Å². The molecule has 0 bridgehead atoms. The number of ether oxygens (including phenoxy) is 1. The van der Waals surface area contributed by atoms with Crippen LogP contribution in [0.2, 0.25) is 0 Å². The number of methoxy groups -OCH3 is 1. The fourth-order valence-electron chi connectivity index (χ4n) is 4.42. The lowest BCUT2D eigenvalue weighted by Gasteiger charge is -2.19. The summed E-state index contributed by atoms with van der Waals surface area (Å²) < 4.78 is 5.39. The molecule has 2 unspecified atom stereocenters. The molecule has 2 aromatic carbocycles. The molecule has 7 nitrogen and oxygen atoms in total. The second-order valence-corrected chi connectivity index (χ2v) is 8.65. The van der Waals surface area contributed by atoms with Crippen LogP contribution in [0.4, 0.5) is 5.82 Å². The lowest BCUT2D eigenvalue weighted by molar-refractivity contribution is -0.142. The van der Waals surface area contributed by atoms with Gasteiger partial charge in [-0.15, -0.1) is 0 Å². The number of hydrogen-bond donors (Lipinski definition) is 3. The maximum absolute atomic E-state index is 13.0. The Balaban J connectivity index is 1.48. The quantitative estimate of drug-likeness (QED) is 0.453. The van der Waals surface area contributed by atoms with Crippen LogP contribution in [-0.4, -0.2) is 35.1 Å². The molecule has 1 heterocycles.